The number of hydrogen-bond acceptors (Lipinski definition) is 3. The molecule has 1 aromatic carbocycles. The van der Waals surface area contributed by atoms with E-state index >= 15 is 0 Å². The summed E-state index contributed by atoms with van der Waals surface area (Å²) < 4.78 is 5.31. The predicted octanol–water partition coefficient (Wildman–Crippen LogP) is 3.71. The molecule has 0 saturated carbocycles. The molecule has 6 heteroatoms. The van der Waals surface area contributed by atoms with Crippen LogP contribution in [0.25, 0.3) is 0 Å². The largest absolute Gasteiger partial charge is 0.444 e. The molecule has 1 aliphatic rings. The van der Waals surface area contributed by atoms with E-state index in [-0.39, 0.29) is 18.1 Å². The van der Waals surface area contributed by atoms with Gasteiger partial charge in [-0.3, -0.25) is 0 Å². The standard InChI is InChI=1S/C21H33N3O3/c1-16(12-13-17-9-6-5-7-10-17)22-19(25)24-14-8-11-18(15-24)23-20(26)27-21(2,3)4/h5-7,9-10,16,18H,8,11-15H2,1-4H3,(H,22,25)(H,23,26). The first-order valence-electron chi connectivity index (χ1n) is 9.82. The van der Waals surface area contributed by atoms with E-state index in [2.05, 4.69) is 22.8 Å². The van der Waals surface area contributed by atoms with Gasteiger partial charge in [0.2, 0.25) is 0 Å². The molecule has 0 aliphatic carbocycles. The lowest BCUT2D eigenvalue weighted by atomic mass is 10.1. The van der Waals surface area contributed by atoms with Gasteiger partial charge in [-0.2, -0.15) is 0 Å². The maximum atomic E-state index is 12.6. The van der Waals surface area contributed by atoms with Crippen LogP contribution in [0.2, 0.25) is 0 Å². The van der Waals surface area contributed by atoms with Crippen LogP contribution in [-0.2, 0) is 11.2 Å². The van der Waals surface area contributed by atoms with Gasteiger partial charge < -0.3 is 20.3 Å². The first-order valence-corrected chi connectivity index (χ1v) is 9.82. The number of likely N-dealkylation sites (tertiary alicyclic amines) is 1. The minimum Gasteiger partial charge on any atom is -0.444 e. The van der Waals surface area contributed by atoms with Gasteiger partial charge in [-0.1, -0.05) is 30.3 Å². The van der Waals surface area contributed by atoms with Gasteiger partial charge in [0, 0.05) is 25.2 Å². The number of carbonyl (C=O) groups excluding carboxylic acids is 2. The molecule has 0 spiro atoms. The predicted molar refractivity (Wildman–Crippen MR) is 107 cm³/mol. The summed E-state index contributed by atoms with van der Waals surface area (Å²) >= 11 is 0. The van der Waals surface area contributed by atoms with Crippen molar-refractivity contribution in [2.45, 2.75) is 71.1 Å². The summed E-state index contributed by atoms with van der Waals surface area (Å²) in [4.78, 5) is 26.3. The van der Waals surface area contributed by atoms with Gasteiger partial charge in [-0.15, -0.1) is 0 Å². The Balaban J connectivity index is 1.75. The van der Waals surface area contributed by atoms with Crippen molar-refractivity contribution in [2.75, 3.05) is 13.1 Å². The van der Waals surface area contributed by atoms with Crippen molar-refractivity contribution in [3.63, 3.8) is 0 Å². The van der Waals surface area contributed by atoms with Gasteiger partial charge in [-0.05, 0) is 58.9 Å². The molecule has 3 amide bonds. The molecule has 150 valence electrons. The quantitative estimate of drug-likeness (QED) is 0.824. The molecule has 1 aliphatic heterocycles. The fourth-order valence-electron chi connectivity index (χ4n) is 3.16. The van der Waals surface area contributed by atoms with Crippen molar-refractivity contribution >= 4 is 12.1 Å². The second kappa shape index (κ2) is 9.62. The Morgan fingerprint density at radius 1 is 1.26 bits per heavy atom. The highest BCUT2D eigenvalue weighted by Crippen LogP contribution is 2.13. The Bertz CT molecular complexity index is 613. The Morgan fingerprint density at radius 2 is 1.96 bits per heavy atom. The topological polar surface area (TPSA) is 70.7 Å². The number of hydrogen-bond donors (Lipinski definition) is 2. The summed E-state index contributed by atoms with van der Waals surface area (Å²) in [5.41, 5.74) is 0.752. The number of rotatable bonds is 5. The van der Waals surface area contributed by atoms with E-state index in [4.69, 9.17) is 4.74 Å². The molecule has 1 heterocycles. The Labute approximate surface area is 162 Å². The maximum absolute atomic E-state index is 12.6. The number of nitrogens with one attached hydrogen (secondary N) is 2. The molecule has 1 saturated heterocycles. The first-order chi connectivity index (χ1) is 12.7. The van der Waals surface area contributed by atoms with Gasteiger partial charge in [0.1, 0.15) is 5.60 Å². The average molecular weight is 376 g/mol. The number of carbonyl (C=O) groups is 2. The smallest absolute Gasteiger partial charge is 0.407 e. The molecular weight excluding hydrogens is 342 g/mol. The van der Waals surface area contributed by atoms with Crippen LogP contribution in [0.5, 0.6) is 0 Å². The Hall–Kier alpha value is -2.24. The lowest BCUT2D eigenvalue weighted by molar-refractivity contribution is 0.0478. The highest BCUT2D eigenvalue weighted by molar-refractivity contribution is 5.75. The molecule has 0 radical (unpaired) electrons. The van der Waals surface area contributed by atoms with Crippen LogP contribution in [0, 0.1) is 0 Å². The molecule has 6 nitrogen and oxygen atoms in total. The lowest BCUT2D eigenvalue weighted by Gasteiger charge is -2.34. The number of ether oxygens (including phenoxy) is 1. The third kappa shape index (κ3) is 7.89. The zero-order valence-corrected chi connectivity index (χ0v) is 17.0. The molecule has 1 fully saturated rings. The lowest BCUT2D eigenvalue weighted by Crippen LogP contribution is -2.53. The van der Waals surface area contributed by atoms with Crippen LogP contribution in [0.3, 0.4) is 0 Å². The fourth-order valence-corrected chi connectivity index (χ4v) is 3.16. The van der Waals surface area contributed by atoms with E-state index in [0.29, 0.717) is 13.1 Å². The van der Waals surface area contributed by atoms with Crippen molar-refractivity contribution in [3.05, 3.63) is 35.9 Å². The second-order valence-electron chi connectivity index (χ2n) is 8.31. The summed E-state index contributed by atoms with van der Waals surface area (Å²) in [7, 11) is 0. The maximum Gasteiger partial charge on any atom is 0.407 e. The molecule has 2 atom stereocenters. The third-order valence-electron chi connectivity index (χ3n) is 4.51. The normalized spacial score (nSPS) is 18.5. The monoisotopic (exact) mass is 375 g/mol. The van der Waals surface area contributed by atoms with E-state index < -0.39 is 11.7 Å². The molecule has 1 aromatic rings. The van der Waals surface area contributed by atoms with E-state index in [1.54, 1.807) is 4.90 Å². The fraction of sp³-hybridized carbons (Fsp3) is 0.619. The molecule has 0 aromatic heterocycles. The molecule has 2 rings (SSSR count). The van der Waals surface area contributed by atoms with E-state index in [0.717, 1.165) is 25.7 Å². The zero-order valence-electron chi connectivity index (χ0n) is 17.0. The van der Waals surface area contributed by atoms with Crippen LogP contribution in [0.1, 0.15) is 52.5 Å². The van der Waals surface area contributed by atoms with Crippen molar-refractivity contribution in [1.82, 2.24) is 15.5 Å². The summed E-state index contributed by atoms with van der Waals surface area (Å²) in [6.07, 6.45) is 3.12. The molecule has 27 heavy (non-hydrogen) atoms. The summed E-state index contributed by atoms with van der Waals surface area (Å²) in [5.74, 6) is 0. The minimum atomic E-state index is -0.524. The van der Waals surface area contributed by atoms with Gasteiger partial charge >= 0.3 is 12.1 Å². The van der Waals surface area contributed by atoms with Gasteiger partial charge in [0.15, 0.2) is 0 Å². The molecule has 2 unspecified atom stereocenters. The van der Waals surface area contributed by atoms with Crippen LogP contribution < -0.4 is 10.6 Å². The minimum absolute atomic E-state index is 0.0637. The highest BCUT2D eigenvalue weighted by atomic mass is 16.6. The number of nitrogens with zero attached hydrogens (tertiary/aromatic N) is 1. The van der Waals surface area contributed by atoms with Crippen molar-refractivity contribution < 1.29 is 14.3 Å². The van der Waals surface area contributed by atoms with Crippen LogP contribution in [0.4, 0.5) is 9.59 Å². The van der Waals surface area contributed by atoms with Gasteiger partial charge in [0.05, 0.1) is 0 Å². The van der Waals surface area contributed by atoms with E-state index in [9.17, 15) is 9.59 Å². The molecule has 2 N–H and O–H groups in total. The number of amides is 3. The Kier molecular flexibility index (Phi) is 7.51. The molecule has 0 bridgehead atoms. The number of aryl methyl sites for hydroxylation is 1. The first kappa shape index (κ1) is 21.1. The number of piperidine rings is 1. The summed E-state index contributed by atoms with van der Waals surface area (Å²) in [5, 5.41) is 5.95. The van der Waals surface area contributed by atoms with Gasteiger partial charge in [0.25, 0.3) is 0 Å². The van der Waals surface area contributed by atoms with Crippen LogP contribution in [0.15, 0.2) is 30.3 Å². The van der Waals surface area contributed by atoms with Crippen molar-refractivity contribution in [3.8, 4) is 0 Å². The second-order valence-corrected chi connectivity index (χ2v) is 8.31. The average Bonchev–Trinajstić information content (AvgIpc) is 2.59. The Morgan fingerprint density at radius 3 is 2.63 bits per heavy atom. The third-order valence-corrected chi connectivity index (χ3v) is 4.51. The summed E-state index contributed by atoms with van der Waals surface area (Å²) in [6, 6.07) is 10.2. The number of benzene rings is 1. The van der Waals surface area contributed by atoms with E-state index in [1.165, 1.54) is 5.56 Å². The highest BCUT2D eigenvalue weighted by Gasteiger charge is 2.27. The SMILES string of the molecule is CC(CCc1ccccc1)NC(=O)N1CCCC(NC(=O)OC(C)(C)C)C1. The number of urea groups is 1. The van der Waals surface area contributed by atoms with Crippen molar-refractivity contribution in [2.24, 2.45) is 0 Å². The van der Waals surface area contributed by atoms with E-state index in [1.807, 2.05) is 45.9 Å². The zero-order chi connectivity index (χ0) is 19.9. The van der Waals surface area contributed by atoms with Crippen LogP contribution in [-0.4, -0.2) is 47.8 Å². The van der Waals surface area contributed by atoms with Crippen molar-refractivity contribution in [1.29, 1.82) is 0 Å². The molecular formula is C21H33N3O3. The summed E-state index contributed by atoms with van der Waals surface area (Å²) in [6.45, 7) is 8.76. The van der Waals surface area contributed by atoms with Gasteiger partial charge in [-0.25, -0.2) is 9.59 Å². The van der Waals surface area contributed by atoms with Crippen LogP contribution >= 0.6 is 0 Å². The number of alkyl carbamates (subject to hydrolysis) is 1.